The van der Waals surface area contributed by atoms with Crippen molar-refractivity contribution >= 4 is 28.9 Å². The second-order valence-corrected chi connectivity index (χ2v) is 13.0. The summed E-state index contributed by atoms with van der Waals surface area (Å²) in [5.74, 6) is -0.0210. The number of aryl methyl sites for hydroxylation is 1. The van der Waals surface area contributed by atoms with Gasteiger partial charge in [-0.3, -0.25) is 9.89 Å². The highest BCUT2D eigenvalue weighted by Crippen LogP contribution is 2.26. The number of nitrogens with one attached hydrogen (secondary N) is 4. The molecular weight excluding hydrogens is 568 g/mol. The van der Waals surface area contributed by atoms with Gasteiger partial charge in [0.15, 0.2) is 0 Å². The summed E-state index contributed by atoms with van der Waals surface area (Å²) in [7, 11) is 0. The average Bonchev–Trinajstić information content (AvgIpc) is 3.54. The maximum absolute atomic E-state index is 14.1. The van der Waals surface area contributed by atoms with Crippen LogP contribution in [0.1, 0.15) is 56.1 Å². The van der Waals surface area contributed by atoms with Crippen molar-refractivity contribution in [2.24, 2.45) is 0 Å². The van der Waals surface area contributed by atoms with E-state index >= 15 is 0 Å². The molecule has 0 saturated carbocycles. The molecule has 4 aliphatic heterocycles. The van der Waals surface area contributed by atoms with Crippen molar-refractivity contribution in [1.29, 1.82) is 0 Å². The number of nitrogens with zero attached hydrogens (tertiary/aromatic N) is 4. The number of allylic oxidation sites excluding steroid dienone is 4. The third-order valence-corrected chi connectivity index (χ3v) is 9.89. The molecule has 4 N–H and O–H groups in total. The van der Waals surface area contributed by atoms with E-state index < -0.39 is 11.6 Å². The van der Waals surface area contributed by atoms with Crippen molar-refractivity contribution in [1.82, 2.24) is 40.8 Å². The minimum atomic E-state index is -0.682. The summed E-state index contributed by atoms with van der Waals surface area (Å²) < 4.78 is 0. The lowest BCUT2D eigenvalue weighted by molar-refractivity contribution is -0.134. The van der Waals surface area contributed by atoms with Gasteiger partial charge < -0.3 is 30.7 Å². The van der Waals surface area contributed by atoms with Gasteiger partial charge in [0.1, 0.15) is 6.04 Å². The molecule has 0 radical (unpaired) electrons. The number of hydrogen-bond donors (Lipinski definition) is 4. The Hall–Kier alpha value is -4.12. The van der Waals surface area contributed by atoms with E-state index in [1.807, 2.05) is 36.1 Å². The quantitative estimate of drug-likeness (QED) is 0.409. The zero-order valence-electron chi connectivity index (χ0n) is 26.3. The number of amides is 5. The van der Waals surface area contributed by atoms with Crippen molar-refractivity contribution in [2.45, 2.75) is 75.9 Å². The molecule has 5 heterocycles. The van der Waals surface area contributed by atoms with Crippen molar-refractivity contribution in [3.8, 4) is 0 Å². The summed E-state index contributed by atoms with van der Waals surface area (Å²) >= 11 is 0. The van der Waals surface area contributed by atoms with Crippen LogP contribution in [-0.2, 0) is 11.2 Å². The molecule has 1 atom stereocenters. The van der Waals surface area contributed by atoms with E-state index in [1.54, 1.807) is 23.4 Å². The van der Waals surface area contributed by atoms with Crippen LogP contribution in [0, 0.1) is 6.92 Å². The lowest BCUT2D eigenvalue weighted by atomic mass is 9.87. The predicted octanol–water partition coefficient (Wildman–Crippen LogP) is 3.74. The first-order chi connectivity index (χ1) is 21.9. The highest BCUT2D eigenvalue weighted by molar-refractivity contribution is 5.88. The molecule has 11 nitrogen and oxygen atoms in total. The van der Waals surface area contributed by atoms with Crippen LogP contribution in [0.5, 0.6) is 0 Å². The lowest BCUT2D eigenvalue weighted by Crippen LogP contribution is -2.60. The van der Waals surface area contributed by atoms with Crippen LogP contribution in [0.3, 0.4) is 0 Å². The van der Waals surface area contributed by atoms with E-state index in [9.17, 15) is 14.4 Å². The number of hydrogen-bond acceptors (Lipinski definition) is 5. The molecule has 1 unspecified atom stereocenters. The molecule has 240 valence electrons. The van der Waals surface area contributed by atoms with Crippen LogP contribution in [-0.4, -0.2) is 99.8 Å². The number of piperidine rings is 3. The predicted molar refractivity (Wildman–Crippen MR) is 175 cm³/mol. The first kappa shape index (κ1) is 30.9. The van der Waals surface area contributed by atoms with Crippen LogP contribution in [0.15, 0.2) is 54.9 Å². The van der Waals surface area contributed by atoms with Gasteiger partial charge in [0.25, 0.3) is 0 Å². The van der Waals surface area contributed by atoms with Gasteiger partial charge >= 0.3 is 12.1 Å². The number of rotatable bonds is 5. The molecule has 6 rings (SSSR count). The minimum absolute atomic E-state index is 0.0210. The highest BCUT2D eigenvalue weighted by atomic mass is 16.2. The third-order valence-electron chi connectivity index (χ3n) is 9.89. The van der Waals surface area contributed by atoms with Gasteiger partial charge in [0.05, 0.1) is 17.3 Å². The van der Waals surface area contributed by atoms with E-state index in [-0.39, 0.29) is 18.0 Å². The van der Waals surface area contributed by atoms with Gasteiger partial charge in [-0.15, -0.1) is 0 Å². The normalized spacial score (nSPS) is 24.0. The average molecular weight is 615 g/mol. The number of benzene rings is 1. The van der Waals surface area contributed by atoms with E-state index in [2.05, 4.69) is 43.2 Å². The van der Waals surface area contributed by atoms with E-state index in [0.29, 0.717) is 51.5 Å². The Balaban J connectivity index is 1.14. The van der Waals surface area contributed by atoms with Crippen LogP contribution < -0.4 is 16.0 Å². The van der Waals surface area contributed by atoms with Crippen LogP contribution in [0.25, 0.3) is 10.9 Å². The van der Waals surface area contributed by atoms with Gasteiger partial charge in [-0.25, -0.2) is 9.59 Å². The molecule has 3 saturated heterocycles. The fraction of sp³-hybridized carbons (Fsp3) is 0.529. The first-order valence-corrected chi connectivity index (χ1v) is 16.5. The van der Waals surface area contributed by atoms with E-state index in [0.717, 1.165) is 48.0 Å². The largest absolute Gasteiger partial charge is 0.341 e. The Bertz CT molecular complexity index is 1460. The molecule has 5 amide bonds. The van der Waals surface area contributed by atoms with Crippen molar-refractivity contribution in [3.05, 3.63) is 66.0 Å². The van der Waals surface area contributed by atoms with Crippen LogP contribution in [0.2, 0.25) is 0 Å². The number of H-pyrrole nitrogens is 1. The van der Waals surface area contributed by atoms with E-state index in [4.69, 9.17) is 0 Å². The van der Waals surface area contributed by atoms with Crippen molar-refractivity contribution in [2.75, 3.05) is 39.3 Å². The fourth-order valence-corrected chi connectivity index (χ4v) is 7.31. The molecule has 3 fully saturated rings. The van der Waals surface area contributed by atoms with Gasteiger partial charge in [0.2, 0.25) is 5.91 Å². The summed E-state index contributed by atoms with van der Waals surface area (Å²) in [6.45, 7) is 6.69. The number of fused-ring (bicyclic) bond motifs is 1. The smallest absolute Gasteiger partial charge is 0.319 e. The first-order valence-electron chi connectivity index (χ1n) is 16.5. The standard InChI is InChI=1S/C34H46N8O3/c1-25-21-26(22-27-24-36-39-30(25)27)23-29(31(43)41-17-9-28(10-18-41)40-15-7-4-8-16-40)37-33(45)42-19-12-34(13-20-42)11-5-2-3-6-14-35-32(44)38-34/h2-3,5-6,11,14,21-22,24,28-29H,4,7-10,12-13,15-20,23H2,1H3,(H,36,39)(H,37,45)(H2,35,38,44)/b3-2-,11-5+,14-6+. The van der Waals surface area contributed by atoms with E-state index in [1.165, 1.54) is 19.3 Å². The maximum Gasteiger partial charge on any atom is 0.319 e. The zero-order valence-corrected chi connectivity index (χ0v) is 26.3. The Morgan fingerprint density at radius 3 is 2.51 bits per heavy atom. The van der Waals surface area contributed by atoms with Crippen LogP contribution >= 0.6 is 0 Å². The second-order valence-electron chi connectivity index (χ2n) is 13.0. The highest BCUT2D eigenvalue weighted by Gasteiger charge is 2.37. The summed E-state index contributed by atoms with van der Waals surface area (Å²) in [6, 6.07) is 3.46. The molecule has 1 spiro atoms. The van der Waals surface area contributed by atoms with Crippen molar-refractivity contribution < 1.29 is 14.4 Å². The molecule has 0 aliphatic carbocycles. The summed E-state index contributed by atoms with van der Waals surface area (Å²) in [5.41, 5.74) is 2.48. The fourth-order valence-electron chi connectivity index (χ4n) is 7.31. The number of carbonyl (C=O) groups excluding carboxylic acids is 3. The second kappa shape index (κ2) is 13.9. The Labute approximate surface area is 265 Å². The monoisotopic (exact) mass is 614 g/mol. The molecule has 2 aromatic rings. The van der Waals surface area contributed by atoms with Crippen LogP contribution in [0.4, 0.5) is 9.59 Å². The molecule has 0 bridgehead atoms. The van der Waals surface area contributed by atoms with Gasteiger partial charge in [-0.1, -0.05) is 36.8 Å². The van der Waals surface area contributed by atoms with Gasteiger partial charge in [-0.05, 0) is 81.8 Å². The zero-order chi connectivity index (χ0) is 31.2. The molecule has 11 heteroatoms. The molecule has 45 heavy (non-hydrogen) atoms. The third kappa shape index (κ3) is 7.41. The molecule has 4 aliphatic rings. The summed E-state index contributed by atoms with van der Waals surface area (Å²) in [6.07, 6.45) is 20.2. The number of urea groups is 2. The number of carbonyl (C=O) groups is 3. The lowest BCUT2D eigenvalue weighted by Gasteiger charge is -2.42. The number of aromatic amines is 1. The molecule has 1 aromatic carbocycles. The summed E-state index contributed by atoms with van der Waals surface area (Å²) in [5, 5.41) is 17.2. The molecular formula is C34H46N8O3. The number of aromatic nitrogens is 2. The van der Waals surface area contributed by atoms with Gasteiger partial charge in [0, 0.05) is 50.2 Å². The topological polar surface area (TPSA) is 126 Å². The Kier molecular flexibility index (Phi) is 9.53. The maximum atomic E-state index is 14.1. The SMILES string of the molecule is Cc1cc(CC(NC(=O)N2CCC3(/C=C/C=C\C=C\NC(=O)N3)CC2)C(=O)N2CCC(N3CCCCC3)CC2)cc2cn[nH]c12. The summed E-state index contributed by atoms with van der Waals surface area (Å²) in [4.78, 5) is 46.6. The Morgan fingerprint density at radius 2 is 1.73 bits per heavy atom. The van der Waals surface area contributed by atoms with Crippen molar-refractivity contribution in [3.63, 3.8) is 0 Å². The van der Waals surface area contributed by atoms with Gasteiger partial charge in [-0.2, -0.15) is 5.10 Å². The number of likely N-dealkylation sites (tertiary alicyclic amines) is 3. The Morgan fingerprint density at radius 1 is 0.978 bits per heavy atom. The molecule has 1 aromatic heterocycles. The minimum Gasteiger partial charge on any atom is -0.341 e.